The molecule has 1 unspecified atom stereocenters. The van der Waals surface area contributed by atoms with E-state index in [0.717, 1.165) is 38.2 Å². The first-order chi connectivity index (χ1) is 9.15. The molecule has 1 atom stereocenters. The van der Waals surface area contributed by atoms with Crippen LogP contribution in [0.1, 0.15) is 25.3 Å². The summed E-state index contributed by atoms with van der Waals surface area (Å²) in [5.74, 6) is 0. The van der Waals surface area contributed by atoms with Gasteiger partial charge in [0.05, 0.1) is 11.3 Å². The van der Waals surface area contributed by atoms with E-state index in [2.05, 4.69) is 29.8 Å². The lowest BCUT2D eigenvalue weighted by Gasteiger charge is -2.32. The Morgan fingerprint density at radius 1 is 1.42 bits per heavy atom. The molecule has 0 spiro atoms. The molecule has 0 N–H and O–H groups in total. The summed E-state index contributed by atoms with van der Waals surface area (Å²) in [5, 5.41) is 9.93. The largest absolute Gasteiger partial charge is 0.366 e. The summed E-state index contributed by atoms with van der Waals surface area (Å²) >= 11 is 5.98. The molecule has 1 aliphatic heterocycles. The van der Waals surface area contributed by atoms with E-state index >= 15 is 0 Å². The molecule has 1 fully saturated rings. The third kappa shape index (κ3) is 3.20. The minimum absolute atomic E-state index is 0.459. The number of likely N-dealkylation sites (N-methyl/N-ethyl adjacent to an activating group) is 1. The van der Waals surface area contributed by atoms with E-state index in [4.69, 9.17) is 11.6 Å². The minimum Gasteiger partial charge on any atom is -0.366 e. The van der Waals surface area contributed by atoms with Gasteiger partial charge in [-0.15, -0.1) is 0 Å². The van der Waals surface area contributed by atoms with Crippen molar-refractivity contribution in [2.45, 2.75) is 25.8 Å². The maximum absolute atomic E-state index is 9.31. The summed E-state index contributed by atoms with van der Waals surface area (Å²) in [6, 6.07) is 8.35. The van der Waals surface area contributed by atoms with Crippen LogP contribution in [0.25, 0.3) is 0 Å². The molecule has 1 aliphatic rings. The van der Waals surface area contributed by atoms with Crippen LogP contribution in [0, 0.1) is 11.3 Å². The molecular formula is C15H20ClN3. The molecular weight excluding hydrogens is 258 g/mol. The quantitative estimate of drug-likeness (QED) is 0.832. The molecule has 0 bridgehead atoms. The maximum Gasteiger partial charge on any atom is 0.101 e. The monoisotopic (exact) mass is 277 g/mol. The Labute approximate surface area is 120 Å². The van der Waals surface area contributed by atoms with E-state index < -0.39 is 0 Å². The molecule has 4 heteroatoms. The number of anilines is 1. The molecule has 102 valence electrons. The summed E-state index contributed by atoms with van der Waals surface area (Å²) in [7, 11) is 2.17. The highest BCUT2D eigenvalue weighted by Gasteiger charge is 2.24. The van der Waals surface area contributed by atoms with Gasteiger partial charge in [-0.1, -0.05) is 18.5 Å². The predicted octanol–water partition coefficient (Wildman–Crippen LogP) is 3.13. The standard InChI is InChI=1S/C15H20ClN3/c1-3-14-11-18(2)7-4-8-19(14)15-6-5-13(16)9-12(15)10-17/h5-6,9,14H,3-4,7-8,11H2,1-2H3. The van der Waals surface area contributed by atoms with Crippen molar-refractivity contribution in [2.75, 3.05) is 31.6 Å². The van der Waals surface area contributed by atoms with Crippen LogP contribution < -0.4 is 4.90 Å². The molecule has 19 heavy (non-hydrogen) atoms. The molecule has 0 radical (unpaired) electrons. The van der Waals surface area contributed by atoms with E-state index in [1.54, 1.807) is 6.07 Å². The van der Waals surface area contributed by atoms with Crippen LogP contribution in [-0.2, 0) is 0 Å². The van der Waals surface area contributed by atoms with Crippen LogP contribution in [0.3, 0.4) is 0 Å². The van der Waals surface area contributed by atoms with Crippen molar-refractivity contribution in [2.24, 2.45) is 0 Å². The van der Waals surface area contributed by atoms with Gasteiger partial charge in [0.15, 0.2) is 0 Å². The zero-order valence-electron chi connectivity index (χ0n) is 11.6. The number of hydrogen-bond acceptors (Lipinski definition) is 3. The van der Waals surface area contributed by atoms with Crippen molar-refractivity contribution in [3.8, 4) is 6.07 Å². The van der Waals surface area contributed by atoms with E-state index in [9.17, 15) is 5.26 Å². The zero-order valence-corrected chi connectivity index (χ0v) is 12.3. The van der Waals surface area contributed by atoms with Crippen LogP contribution in [0.2, 0.25) is 5.02 Å². The Kier molecular flexibility index (Phi) is 4.68. The number of nitriles is 1. The average molecular weight is 278 g/mol. The van der Waals surface area contributed by atoms with Crippen LogP contribution >= 0.6 is 11.6 Å². The van der Waals surface area contributed by atoms with Gasteiger partial charge in [0.1, 0.15) is 6.07 Å². The van der Waals surface area contributed by atoms with Gasteiger partial charge in [0.2, 0.25) is 0 Å². The van der Waals surface area contributed by atoms with E-state index in [1.165, 1.54) is 0 Å². The molecule has 3 nitrogen and oxygen atoms in total. The molecule has 0 amide bonds. The zero-order chi connectivity index (χ0) is 13.8. The van der Waals surface area contributed by atoms with Gasteiger partial charge in [0.25, 0.3) is 0 Å². The number of rotatable bonds is 2. The van der Waals surface area contributed by atoms with Crippen molar-refractivity contribution in [3.63, 3.8) is 0 Å². The van der Waals surface area contributed by atoms with Gasteiger partial charge < -0.3 is 9.80 Å². The topological polar surface area (TPSA) is 30.3 Å². The fourth-order valence-corrected chi connectivity index (χ4v) is 2.93. The fourth-order valence-electron chi connectivity index (χ4n) is 2.76. The molecule has 0 aromatic heterocycles. The number of nitrogens with zero attached hydrogens (tertiary/aromatic N) is 3. The highest BCUT2D eigenvalue weighted by molar-refractivity contribution is 6.30. The molecule has 0 aliphatic carbocycles. The van der Waals surface area contributed by atoms with E-state index in [-0.39, 0.29) is 0 Å². The smallest absolute Gasteiger partial charge is 0.101 e. The second-order valence-electron chi connectivity index (χ2n) is 5.14. The summed E-state index contributed by atoms with van der Waals surface area (Å²) in [6.45, 7) is 5.37. The Bertz CT molecular complexity index is 481. The molecule has 1 heterocycles. The lowest BCUT2D eigenvalue weighted by atomic mass is 10.1. The van der Waals surface area contributed by atoms with Crippen molar-refractivity contribution in [1.29, 1.82) is 5.26 Å². The molecule has 2 rings (SSSR count). The van der Waals surface area contributed by atoms with Crippen LogP contribution in [0.5, 0.6) is 0 Å². The van der Waals surface area contributed by atoms with Crippen LogP contribution in [0.15, 0.2) is 18.2 Å². The third-order valence-corrected chi connectivity index (χ3v) is 4.00. The van der Waals surface area contributed by atoms with E-state index in [0.29, 0.717) is 16.6 Å². The summed E-state index contributed by atoms with van der Waals surface area (Å²) in [5.41, 5.74) is 1.70. The van der Waals surface area contributed by atoms with Gasteiger partial charge >= 0.3 is 0 Å². The minimum atomic E-state index is 0.459. The van der Waals surface area contributed by atoms with Gasteiger partial charge in [-0.3, -0.25) is 0 Å². The summed E-state index contributed by atoms with van der Waals surface area (Å²) < 4.78 is 0. The lowest BCUT2D eigenvalue weighted by molar-refractivity contribution is 0.328. The van der Waals surface area contributed by atoms with Crippen molar-refractivity contribution in [3.05, 3.63) is 28.8 Å². The second kappa shape index (κ2) is 6.27. The van der Waals surface area contributed by atoms with Gasteiger partial charge in [-0.05, 0) is 44.6 Å². The Hall–Kier alpha value is -1.24. The lowest BCUT2D eigenvalue weighted by Crippen LogP contribution is -2.40. The SMILES string of the molecule is CCC1CN(C)CCCN1c1ccc(Cl)cc1C#N. The number of hydrogen-bond donors (Lipinski definition) is 0. The Morgan fingerprint density at radius 2 is 2.21 bits per heavy atom. The molecule has 1 aromatic carbocycles. The van der Waals surface area contributed by atoms with Crippen LogP contribution in [0.4, 0.5) is 5.69 Å². The normalized spacial score (nSPS) is 20.9. The Balaban J connectivity index is 2.35. The molecule has 1 saturated heterocycles. The van der Waals surface area contributed by atoms with Crippen molar-refractivity contribution < 1.29 is 0 Å². The number of halogens is 1. The number of benzene rings is 1. The van der Waals surface area contributed by atoms with Gasteiger partial charge in [-0.25, -0.2) is 0 Å². The first-order valence-corrected chi connectivity index (χ1v) is 7.18. The summed E-state index contributed by atoms with van der Waals surface area (Å²) in [4.78, 5) is 4.74. The highest BCUT2D eigenvalue weighted by atomic mass is 35.5. The van der Waals surface area contributed by atoms with Gasteiger partial charge in [0, 0.05) is 24.2 Å². The molecule has 0 saturated carbocycles. The average Bonchev–Trinajstić information content (AvgIpc) is 2.60. The van der Waals surface area contributed by atoms with E-state index in [1.807, 2.05) is 12.1 Å². The first kappa shape index (κ1) is 14.2. The first-order valence-electron chi connectivity index (χ1n) is 6.80. The predicted molar refractivity (Wildman–Crippen MR) is 79.7 cm³/mol. The maximum atomic E-state index is 9.31. The third-order valence-electron chi connectivity index (χ3n) is 3.76. The molecule has 1 aromatic rings. The summed E-state index contributed by atoms with van der Waals surface area (Å²) in [6.07, 6.45) is 2.21. The van der Waals surface area contributed by atoms with Crippen LogP contribution in [-0.4, -0.2) is 37.6 Å². The van der Waals surface area contributed by atoms with Gasteiger partial charge in [-0.2, -0.15) is 5.26 Å². The van der Waals surface area contributed by atoms with Crippen molar-refractivity contribution >= 4 is 17.3 Å². The Morgan fingerprint density at radius 3 is 2.89 bits per heavy atom. The van der Waals surface area contributed by atoms with Crippen molar-refractivity contribution in [1.82, 2.24) is 4.90 Å². The fraction of sp³-hybridized carbons (Fsp3) is 0.533. The second-order valence-corrected chi connectivity index (χ2v) is 5.58. The highest BCUT2D eigenvalue weighted by Crippen LogP contribution is 2.27.